The molecule has 0 radical (unpaired) electrons. The summed E-state index contributed by atoms with van der Waals surface area (Å²) < 4.78 is 5.79. The first-order valence-electron chi connectivity index (χ1n) is 7.54. The smallest absolute Gasteiger partial charge is 0.161 e. The van der Waals surface area contributed by atoms with Gasteiger partial charge in [0.05, 0.1) is 0 Å². The molecule has 1 aliphatic rings. The lowest BCUT2D eigenvalue weighted by atomic mass is 9.89. The third-order valence-electron chi connectivity index (χ3n) is 4.05. The van der Waals surface area contributed by atoms with Crippen molar-refractivity contribution < 1.29 is 9.84 Å². The molecule has 1 fully saturated rings. The summed E-state index contributed by atoms with van der Waals surface area (Å²) in [4.78, 5) is 0. The fourth-order valence-corrected chi connectivity index (χ4v) is 2.85. The number of hydrogen-bond acceptors (Lipinski definition) is 3. The summed E-state index contributed by atoms with van der Waals surface area (Å²) in [6, 6.07) is 15.8. The van der Waals surface area contributed by atoms with Gasteiger partial charge < -0.3 is 15.2 Å². The summed E-state index contributed by atoms with van der Waals surface area (Å²) in [5.41, 5.74) is 2.12. The predicted octanol–water partition coefficient (Wildman–Crippen LogP) is 3.44. The van der Waals surface area contributed by atoms with Crippen LogP contribution in [0.2, 0.25) is 0 Å². The summed E-state index contributed by atoms with van der Waals surface area (Å²) >= 11 is 0. The van der Waals surface area contributed by atoms with Gasteiger partial charge in [0.25, 0.3) is 0 Å². The molecule has 0 amide bonds. The average Bonchev–Trinajstić information content (AvgIpc) is 2.56. The zero-order valence-electron chi connectivity index (χ0n) is 12.1. The molecule has 0 spiro atoms. The van der Waals surface area contributed by atoms with Crippen molar-refractivity contribution >= 4 is 0 Å². The van der Waals surface area contributed by atoms with Crippen LogP contribution in [0.25, 0.3) is 0 Å². The zero-order valence-corrected chi connectivity index (χ0v) is 12.1. The normalized spacial score (nSPS) is 15.8. The van der Waals surface area contributed by atoms with Gasteiger partial charge in [0.2, 0.25) is 0 Å². The molecule has 21 heavy (non-hydrogen) atoms. The lowest BCUT2D eigenvalue weighted by molar-refractivity contribution is 0.286. The molecule has 3 heteroatoms. The van der Waals surface area contributed by atoms with Crippen LogP contribution in [0.4, 0.5) is 0 Å². The molecule has 2 aromatic rings. The van der Waals surface area contributed by atoms with Gasteiger partial charge in [-0.15, -0.1) is 0 Å². The highest BCUT2D eigenvalue weighted by atomic mass is 16.5. The Labute approximate surface area is 125 Å². The van der Waals surface area contributed by atoms with Gasteiger partial charge in [0.1, 0.15) is 6.61 Å². The maximum atomic E-state index is 10.5. The van der Waals surface area contributed by atoms with Gasteiger partial charge in [0, 0.05) is 5.56 Å². The number of nitrogens with one attached hydrogen (secondary N) is 1. The van der Waals surface area contributed by atoms with Gasteiger partial charge in [-0.1, -0.05) is 42.5 Å². The third-order valence-corrected chi connectivity index (χ3v) is 4.05. The Morgan fingerprint density at radius 1 is 1.00 bits per heavy atom. The minimum atomic E-state index is 0.306. The van der Waals surface area contributed by atoms with Crippen LogP contribution < -0.4 is 10.1 Å². The summed E-state index contributed by atoms with van der Waals surface area (Å²) in [6.45, 7) is 2.50. The number of ether oxygens (including phenoxy) is 1. The SMILES string of the molecule is Oc1c(OCc2ccccc2)cccc1C1CCNCC1. The Morgan fingerprint density at radius 2 is 1.76 bits per heavy atom. The average molecular weight is 283 g/mol. The van der Waals surface area contributed by atoms with E-state index in [1.807, 2.05) is 48.5 Å². The monoisotopic (exact) mass is 283 g/mol. The molecule has 0 atom stereocenters. The van der Waals surface area contributed by atoms with Crippen LogP contribution in [0.3, 0.4) is 0 Å². The molecular weight excluding hydrogens is 262 g/mol. The maximum absolute atomic E-state index is 10.5. The van der Waals surface area contributed by atoms with E-state index in [4.69, 9.17) is 4.74 Å². The second-order valence-corrected chi connectivity index (χ2v) is 5.49. The van der Waals surface area contributed by atoms with E-state index in [0.29, 0.717) is 24.0 Å². The van der Waals surface area contributed by atoms with Gasteiger partial charge in [0.15, 0.2) is 11.5 Å². The first kappa shape index (κ1) is 14.0. The number of phenolic OH excluding ortho intramolecular Hbond substituents is 1. The first-order valence-corrected chi connectivity index (χ1v) is 7.54. The summed E-state index contributed by atoms with van der Waals surface area (Å²) in [7, 11) is 0. The molecule has 0 unspecified atom stereocenters. The van der Waals surface area contributed by atoms with Crippen molar-refractivity contribution in [3.8, 4) is 11.5 Å². The van der Waals surface area contributed by atoms with Crippen molar-refractivity contribution in [1.82, 2.24) is 5.32 Å². The molecule has 110 valence electrons. The Bertz CT molecular complexity index is 577. The number of rotatable bonds is 4. The van der Waals surface area contributed by atoms with E-state index in [2.05, 4.69) is 5.32 Å². The molecule has 1 saturated heterocycles. The molecule has 2 N–H and O–H groups in total. The van der Waals surface area contributed by atoms with Crippen LogP contribution in [0, 0.1) is 0 Å². The van der Waals surface area contributed by atoms with Gasteiger partial charge in [-0.3, -0.25) is 0 Å². The highest BCUT2D eigenvalue weighted by Gasteiger charge is 2.20. The second-order valence-electron chi connectivity index (χ2n) is 5.49. The summed E-state index contributed by atoms with van der Waals surface area (Å²) in [5, 5.41) is 13.8. The van der Waals surface area contributed by atoms with E-state index in [-0.39, 0.29) is 0 Å². The third kappa shape index (κ3) is 3.37. The Hall–Kier alpha value is -2.00. The largest absolute Gasteiger partial charge is 0.504 e. The van der Waals surface area contributed by atoms with Crippen LogP contribution in [0.15, 0.2) is 48.5 Å². The Morgan fingerprint density at radius 3 is 2.52 bits per heavy atom. The molecule has 1 aliphatic heterocycles. The molecular formula is C18H21NO2. The lowest BCUT2D eigenvalue weighted by Crippen LogP contribution is -2.26. The maximum Gasteiger partial charge on any atom is 0.161 e. The van der Waals surface area contributed by atoms with E-state index in [9.17, 15) is 5.11 Å². The fraction of sp³-hybridized carbons (Fsp3) is 0.333. The molecule has 0 bridgehead atoms. The zero-order chi connectivity index (χ0) is 14.5. The molecule has 1 heterocycles. The lowest BCUT2D eigenvalue weighted by Gasteiger charge is -2.24. The van der Waals surface area contributed by atoms with Crippen molar-refractivity contribution in [3.63, 3.8) is 0 Å². The van der Waals surface area contributed by atoms with Crippen molar-refractivity contribution in [2.45, 2.75) is 25.4 Å². The molecule has 0 saturated carbocycles. The van der Waals surface area contributed by atoms with Gasteiger partial charge in [-0.25, -0.2) is 0 Å². The number of para-hydroxylation sites is 1. The van der Waals surface area contributed by atoms with Crippen LogP contribution in [0.1, 0.15) is 29.9 Å². The quantitative estimate of drug-likeness (QED) is 0.903. The number of aromatic hydroxyl groups is 1. The van der Waals surface area contributed by atoms with E-state index < -0.39 is 0 Å². The highest BCUT2D eigenvalue weighted by Crippen LogP contribution is 2.38. The minimum Gasteiger partial charge on any atom is -0.504 e. The van der Waals surface area contributed by atoms with Crippen molar-refractivity contribution in [3.05, 3.63) is 59.7 Å². The van der Waals surface area contributed by atoms with Crippen molar-refractivity contribution in [2.75, 3.05) is 13.1 Å². The highest BCUT2D eigenvalue weighted by molar-refractivity contribution is 5.47. The van der Waals surface area contributed by atoms with Crippen LogP contribution >= 0.6 is 0 Å². The number of phenols is 1. The van der Waals surface area contributed by atoms with Crippen molar-refractivity contribution in [1.29, 1.82) is 0 Å². The first-order chi connectivity index (χ1) is 10.3. The summed E-state index contributed by atoms with van der Waals surface area (Å²) in [6.07, 6.45) is 2.13. The van der Waals surface area contributed by atoms with E-state index >= 15 is 0 Å². The van der Waals surface area contributed by atoms with Crippen LogP contribution in [-0.2, 0) is 6.61 Å². The predicted molar refractivity (Wildman–Crippen MR) is 83.7 cm³/mol. The molecule has 2 aromatic carbocycles. The summed E-state index contributed by atoms with van der Waals surface area (Å²) in [5.74, 6) is 1.31. The number of benzene rings is 2. The Kier molecular flexibility index (Phi) is 4.41. The second kappa shape index (κ2) is 6.64. The van der Waals surface area contributed by atoms with Crippen LogP contribution in [0.5, 0.6) is 11.5 Å². The van der Waals surface area contributed by atoms with Crippen molar-refractivity contribution in [2.24, 2.45) is 0 Å². The van der Waals surface area contributed by atoms with Gasteiger partial charge in [-0.05, 0) is 43.5 Å². The fourth-order valence-electron chi connectivity index (χ4n) is 2.85. The van der Waals surface area contributed by atoms with E-state index in [1.54, 1.807) is 0 Å². The molecule has 3 nitrogen and oxygen atoms in total. The standard InChI is InChI=1S/C18H21NO2/c20-18-16(15-9-11-19-12-10-15)7-4-8-17(18)21-13-14-5-2-1-3-6-14/h1-8,15,19-20H,9-13H2. The molecule has 3 rings (SSSR count). The van der Waals surface area contributed by atoms with Gasteiger partial charge in [-0.2, -0.15) is 0 Å². The molecule has 0 aromatic heterocycles. The number of piperidine rings is 1. The number of hydrogen-bond donors (Lipinski definition) is 2. The topological polar surface area (TPSA) is 41.5 Å². The Balaban J connectivity index is 1.73. The van der Waals surface area contributed by atoms with E-state index in [1.165, 1.54) is 0 Å². The van der Waals surface area contributed by atoms with Crippen LogP contribution in [-0.4, -0.2) is 18.2 Å². The van der Waals surface area contributed by atoms with Gasteiger partial charge >= 0.3 is 0 Å². The minimum absolute atomic E-state index is 0.306. The van der Waals surface area contributed by atoms with E-state index in [0.717, 1.165) is 37.1 Å². The molecule has 0 aliphatic carbocycles.